The average molecular weight is 298 g/mol. The zero-order valence-corrected chi connectivity index (χ0v) is 10.5. The molecule has 0 radical (unpaired) electrons. The van der Waals surface area contributed by atoms with Crippen LogP contribution in [0.4, 0.5) is 18.9 Å². The fourth-order valence-corrected chi connectivity index (χ4v) is 1.74. The summed E-state index contributed by atoms with van der Waals surface area (Å²) in [5, 5.41) is 10.9. The van der Waals surface area contributed by atoms with Gasteiger partial charge in [-0.15, -0.1) is 0 Å². The van der Waals surface area contributed by atoms with Crippen LogP contribution >= 0.6 is 0 Å². The minimum Gasteiger partial charge on any atom is -0.472 e. The molecular formula is C13H9F3N2O3. The minimum atomic E-state index is -4.70. The summed E-state index contributed by atoms with van der Waals surface area (Å²) in [4.78, 5) is 13.8. The maximum absolute atomic E-state index is 12.9. The van der Waals surface area contributed by atoms with Crippen molar-refractivity contribution in [3.63, 3.8) is 0 Å². The van der Waals surface area contributed by atoms with E-state index < -0.39 is 34.5 Å². The summed E-state index contributed by atoms with van der Waals surface area (Å²) in [7, 11) is 0. The number of pyridine rings is 1. The summed E-state index contributed by atoms with van der Waals surface area (Å²) in [6.07, 6.45) is -3.30. The van der Waals surface area contributed by atoms with Crippen molar-refractivity contribution < 1.29 is 22.8 Å². The number of aromatic nitrogens is 1. The number of halogens is 3. The monoisotopic (exact) mass is 298 g/mol. The van der Waals surface area contributed by atoms with Gasteiger partial charge in [-0.25, -0.2) is 4.98 Å². The molecule has 0 fully saturated rings. The lowest BCUT2D eigenvalue weighted by Crippen LogP contribution is -2.13. The molecule has 5 nitrogen and oxygen atoms in total. The average Bonchev–Trinajstić information content (AvgIpc) is 2.44. The molecule has 0 bridgehead atoms. The highest BCUT2D eigenvalue weighted by atomic mass is 19.4. The number of nitrogens with zero attached hydrogens (tertiary/aromatic N) is 2. The normalized spacial score (nSPS) is 11.2. The Morgan fingerprint density at radius 3 is 2.52 bits per heavy atom. The Hall–Kier alpha value is -2.64. The molecule has 1 aromatic carbocycles. The SMILES string of the molecule is O=[N+]([O-])c1cccc(C(F)(F)F)c1COc1ccccn1. The highest BCUT2D eigenvalue weighted by Crippen LogP contribution is 2.36. The summed E-state index contributed by atoms with van der Waals surface area (Å²) in [5.41, 5.74) is -2.26. The van der Waals surface area contributed by atoms with Crippen LogP contribution in [0, 0.1) is 10.1 Å². The van der Waals surface area contributed by atoms with E-state index in [0.29, 0.717) is 0 Å². The van der Waals surface area contributed by atoms with Gasteiger partial charge in [0.05, 0.1) is 16.1 Å². The predicted octanol–water partition coefficient (Wildman–Crippen LogP) is 3.59. The number of nitro benzene ring substituents is 1. The van der Waals surface area contributed by atoms with Gasteiger partial charge in [0.1, 0.15) is 6.61 Å². The second kappa shape index (κ2) is 5.78. The first-order valence-electron chi connectivity index (χ1n) is 5.77. The van der Waals surface area contributed by atoms with Gasteiger partial charge in [0.2, 0.25) is 5.88 Å². The van der Waals surface area contributed by atoms with Crippen molar-refractivity contribution >= 4 is 5.69 Å². The van der Waals surface area contributed by atoms with Gasteiger partial charge in [-0.3, -0.25) is 10.1 Å². The number of hydrogen-bond donors (Lipinski definition) is 0. The van der Waals surface area contributed by atoms with E-state index in [-0.39, 0.29) is 5.88 Å². The molecule has 21 heavy (non-hydrogen) atoms. The first-order valence-corrected chi connectivity index (χ1v) is 5.77. The van der Waals surface area contributed by atoms with E-state index in [1.807, 2.05) is 0 Å². The van der Waals surface area contributed by atoms with Gasteiger partial charge in [-0.05, 0) is 12.1 Å². The van der Waals surface area contributed by atoms with Gasteiger partial charge in [-0.1, -0.05) is 12.1 Å². The van der Waals surface area contributed by atoms with Crippen molar-refractivity contribution in [2.45, 2.75) is 12.8 Å². The van der Waals surface area contributed by atoms with Gasteiger partial charge >= 0.3 is 6.18 Å². The lowest BCUT2D eigenvalue weighted by Gasteiger charge is -2.13. The molecular weight excluding hydrogens is 289 g/mol. The van der Waals surface area contributed by atoms with Gasteiger partial charge in [0, 0.05) is 18.3 Å². The third-order valence-corrected chi connectivity index (χ3v) is 2.66. The van der Waals surface area contributed by atoms with Gasteiger partial charge in [0.25, 0.3) is 5.69 Å². The van der Waals surface area contributed by atoms with Crippen LogP contribution in [0.3, 0.4) is 0 Å². The van der Waals surface area contributed by atoms with Crippen LogP contribution in [0.5, 0.6) is 5.88 Å². The van der Waals surface area contributed by atoms with Gasteiger partial charge in [-0.2, -0.15) is 13.2 Å². The topological polar surface area (TPSA) is 65.3 Å². The van der Waals surface area contributed by atoms with Crippen LogP contribution in [0.1, 0.15) is 11.1 Å². The van der Waals surface area contributed by atoms with E-state index in [4.69, 9.17) is 4.74 Å². The van der Waals surface area contributed by atoms with Crippen LogP contribution in [0.25, 0.3) is 0 Å². The molecule has 1 aromatic heterocycles. The summed E-state index contributed by atoms with van der Waals surface area (Å²) in [5.74, 6) is 0.0868. The Morgan fingerprint density at radius 1 is 1.19 bits per heavy atom. The number of benzene rings is 1. The molecule has 0 saturated heterocycles. The maximum atomic E-state index is 12.9. The number of rotatable bonds is 4. The summed E-state index contributed by atoms with van der Waals surface area (Å²) in [6.45, 7) is -0.594. The Kier molecular flexibility index (Phi) is 4.06. The number of hydrogen-bond acceptors (Lipinski definition) is 4. The van der Waals surface area contributed by atoms with E-state index in [9.17, 15) is 23.3 Å². The van der Waals surface area contributed by atoms with Gasteiger partial charge in [0.15, 0.2) is 0 Å². The molecule has 0 aliphatic carbocycles. The van der Waals surface area contributed by atoms with Crippen molar-refractivity contribution in [3.8, 4) is 5.88 Å². The van der Waals surface area contributed by atoms with Crippen molar-refractivity contribution in [2.75, 3.05) is 0 Å². The fourth-order valence-electron chi connectivity index (χ4n) is 1.74. The molecule has 1 heterocycles. The Balaban J connectivity index is 2.37. The summed E-state index contributed by atoms with van der Waals surface area (Å²) < 4.78 is 43.9. The molecule has 0 spiro atoms. The van der Waals surface area contributed by atoms with E-state index in [2.05, 4.69) is 4.98 Å². The second-order valence-electron chi connectivity index (χ2n) is 4.01. The van der Waals surface area contributed by atoms with Crippen molar-refractivity contribution in [2.24, 2.45) is 0 Å². The molecule has 2 aromatic rings. The number of ether oxygens (including phenoxy) is 1. The van der Waals surface area contributed by atoms with Crippen LogP contribution in [-0.2, 0) is 12.8 Å². The molecule has 0 atom stereocenters. The van der Waals surface area contributed by atoms with E-state index in [1.165, 1.54) is 12.3 Å². The molecule has 0 aliphatic rings. The first kappa shape index (κ1) is 14.8. The lowest BCUT2D eigenvalue weighted by atomic mass is 10.1. The van der Waals surface area contributed by atoms with Crippen LogP contribution in [-0.4, -0.2) is 9.91 Å². The van der Waals surface area contributed by atoms with Crippen LogP contribution in [0.15, 0.2) is 42.6 Å². The Bertz CT molecular complexity index is 645. The Morgan fingerprint density at radius 2 is 1.95 bits per heavy atom. The predicted molar refractivity (Wildman–Crippen MR) is 66.7 cm³/mol. The van der Waals surface area contributed by atoms with E-state index in [0.717, 1.165) is 18.2 Å². The summed E-state index contributed by atoms with van der Waals surface area (Å²) in [6, 6.07) is 7.43. The van der Waals surface area contributed by atoms with Crippen LogP contribution in [0.2, 0.25) is 0 Å². The highest BCUT2D eigenvalue weighted by molar-refractivity contribution is 5.46. The third kappa shape index (κ3) is 3.47. The molecule has 110 valence electrons. The zero-order valence-electron chi connectivity index (χ0n) is 10.5. The van der Waals surface area contributed by atoms with E-state index >= 15 is 0 Å². The zero-order chi connectivity index (χ0) is 15.5. The molecule has 0 N–H and O–H groups in total. The molecule has 2 rings (SSSR count). The number of nitro groups is 1. The number of alkyl halides is 3. The highest BCUT2D eigenvalue weighted by Gasteiger charge is 2.36. The van der Waals surface area contributed by atoms with Crippen molar-refractivity contribution in [1.29, 1.82) is 0 Å². The fraction of sp³-hybridized carbons (Fsp3) is 0.154. The quantitative estimate of drug-likeness (QED) is 0.639. The first-order chi connectivity index (χ1) is 9.89. The lowest BCUT2D eigenvalue weighted by molar-refractivity contribution is -0.386. The molecule has 0 amide bonds. The standard InChI is InChI=1S/C13H9F3N2O3/c14-13(15,16)10-4-3-5-11(18(19)20)9(10)8-21-12-6-1-2-7-17-12/h1-7H,8H2. The minimum absolute atomic E-state index is 0.0868. The van der Waals surface area contributed by atoms with E-state index in [1.54, 1.807) is 12.1 Å². The largest absolute Gasteiger partial charge is 0.472 e. The van der Waals surface area contributed by atoms with Crippen LogP contribution < -0.4 is 4.74 Å². The third-order valence-electron chi connectivity index (χ3n) is 2.66. The van der Waals surface area contributed by atoms with Crippen molar-refractivity contribution in [1.82, 2.24) is 4.98 Å². The second-order valence-corrected chi connectivity index (χ2v) is 4.01. The molecule has 8 heteroatoms. The van der Waals surface area contributed by atoms with Gasteiger partial charge < -0.3 is 4.74 Å². The molecule has 0 aliphatic heterocycles. The maximum Gasteiger partial charge on any atom is 0.417 e. The summed E-state index contributed by atoms with van der Waals surface area (Å²) >= 11 is 0. The molecule has 0 saturated carbocycles. The Labute approximate surface area is 117 Å². The van der Waals surface area contributed by atoms with Crippen molar-refractivity contribution in [3.05, 3.63) is 63.8 Å². The smallest absolute Gasteiger partial charge is 0.417 e. The molecule has 0 unspecified atom stereocenters.